The molecule has 2 aliphatic rings. The van der Waals surface area contributed by atoms with Gasteiger partial charge in [-0.25, -0.2) is 4.79 Å². The largest absolute Gasteiger partial charge is 0.550 e. The third-order valence-corrected chi connectivity index (χ3v) is 5.69. The van der Waals surface area contributed by atoms with Gasteiger partial charge in [0.15, 0.2) is 0 Å². The molecule has 0 spiro atoms. The van der Waals surface area contributed by atoms with Crippen LogP contribution >= 0.6 is 0 Å². The minimum absolute atomic E-state index is 0.00353. The van der Waals surface area contributed by atoms with Crippen LogP contribution in [0.4, 0.5) is 10.5 Å². The van der Waals surface area contributed by atoms with Gasteiger partial charge in [0.1, 0.15) is 12.1 Å². The van der Waals surface area contributed by atoms with Gasteiger partial charge < -0.3 is 35.7 Å². The summed E-state index contributed by atoms with van der Waals surface area (Å²) < 4.78 is 0. The monoisotopic (exact) mass is 458 g/mol. The van der Waals surface area contributed by atoms with Gasteiger partial charge in [0.2, 0.25) is 17.7 Å². The van der Waals surface area contributed by atoms with E-state index in [0.29, 0.717) is 18.7 Å². The summed E-state index contributed by atoms with van der Waals surface area (Å²) in [5, 5.41) is 18.8. The van der Waals surface area contributed by atoms with Crippen molar-refractivity contribution in [3.8, 4) is 0 Å². The Kier molecular flexibility index (Phi) is 8.22. The summed E-state index contributed by atoms with van der Waals surface area (Å²) in [5.41, 5.74) is 0.564. The molecule has 0 saturated carbocycles. The number of anilines is 1. The van der Waals surface area contributed by atoms with Gasteiger partial charge in [0.25, 0.3) is 0 Å². The highest BCUT2D eigenvalue weighted by molar-refractivity contribution is 5.96. The Bertz CT molecular complexity index is 893. The molecule has 0 aromatic heterocycles. The summed E-state index contributed by atoms with van der Waals surface area (Å²) >= 11 is 0. The first-order valence-corrected chi connectivity index (χ1v) is 11.0. The molecule has 0 bridgehead atoms. The molecule has 178 valence electrons. The quantitative estimate of drug-likeness (QED) is 0.479. The first-order valence-electron chi connectivity index (χ1n) is 11.0. The number of carboxylic acids is 1. The number of hydrogen-bond donors (Lipinski definition) is 3. The second-order valence-corrected chi connectivity index (χ2v) is 8.07. The molecule has 11 heteroatoms. The molecular weight excluding hydrogens is 430 g/mol. The van der Waals surface area contributed by atoms with Crippen molar-refractivity contribution in [2.75, 3.05) is 31.5 Å². The Balaban J connectivity index is 1.70. The molecule has 33 heavy (non-hydrogen) atoms. The summed E-state index contributed by atoms with van der Waals surface area (Å²) in [5.74, 6) is -2.32. The van der Waals surface area contributed by atoms with Crippen LogP contribution in [-0.4, -0.2) is 77.8 Å². The number of hydrogen-bond acceptors (Lipinski definition) is 6. The van der Waals surface area contributed by atoms with Crippen LogP contribution in [0.2, 0.25) is 0 Å². The number of piperazine rings is 1. The molecule has 3 rings (SSSR count). The van der Waals surface area contributed by atoms with E-state index >= 15 is 0 Å². The molecule has 1 aromatic carbocycles. The number of carbonyl (C=O) groups is 5. The SMILES string of the molecule is O=C([O-])CCCC(=O)N1CCN(C(=O)Nc2ccccc2)[C@H](C(=O)N[C@H]2CCCNC2=O)C1. The predicted molar refractivity (Wildman–Crippen MR) is 116 cm³/mol. The molecule has 11 nitrogen and oxygen atoms in total. The Labute approximate surface area is 191 Å². The van der Waals surface area contributed by atoms with Gasteiger partial charge in [-0.3, -0.25) is 14.4 Å². The molecule has 2 aliphatic heterocycles. The molecule has 0 aliphatic carbocycles. The van der Waals surface area contributed by atoms with Crippen molar-refractivity contribution in [2.45, 2.75) is 44.2 Å². The first-order chi connectivity index (χ1) is 15.8. The van der Waals surface area contributed by atoms with Gasteiger partial charge in [-0.15, -0.1) is 0 Å². The van der Waals surface area contributed by atoms with Gasteiger partial charge in [-0.1, -0.05) is 18.2 Å². The number of carboxylic acid groups (broad SMARTS) is 1. The molecule has 1 aromatic rings. The number of urea groups is 1. The smallest absolute Gasteiger partial charge is 0.322 e. The second kappa shape index (κ2) is 11.3. The molecule has 2 saturated heterocycles. The fraction of sp³-hybridized carbons (Fsp3) is 0.500. The summed E-state index contributed by atoms with van der Waals surface area (Å²) in [7, 11) is 0. The minimum atomic E-state index is -1.23. The average Bonchev–Trinajstić information content (AvgIpc) is 2.80. The van der Waals surface area contributed by atoms with E-state index in [4.69, 9.17) is 0 Å². The number of piperidine rings is 1. The van der Waals surface area contributed by atoms with Crippen molar-refractivity contribution in [3.05, 3.63) is 30.3 Å². The van der Waals surface area contributed by atoms with E-state index in [1.54, 1.807) is 24.3 Å². The standard InChI is InChI=1S/C22H29N5O6/c28-18(9-4-10-19(29)30)26-12-13-27(22(33)24-15-6-2-1-3-7-15)17(14-26)21(32)25-16-8-5-11-23-20(16)31/h1-3,6-7,16-17H,4-5,8-14H2,(H,23,31)(H,24,33)(H,25,32)(H,29,30)/p-1/t16-,17-/m0/s1. The summed E-state index contributed by atoms with van der Waals surface area (Å²) in [6, 6.07) is 6.61. The lowest BCUT2D eigenvalue weighted by Gasteiger charge is -2.41. The first kappa shape index (κ1) is 24.0. The zero-order valence-corrected chi connectivity index (χ0v) is 18.2. The lowest BCUT2D eigenvalue weighted by Crippen LogP contribution is -2.64. The maximum Gasteiger partial charge on any atom is 0.322 e. The molecular formula is C22H28N5O6-. The Morgan fingerprint density at radius 3 is 2.55 bits per heavy atom. The highest BCUT2D eigenvalue weighted by Gasteiger charge is 2.38. The van der Waals surface area contributed by atoms with E-state index in [9.17, 15) is 29.1 Å². The Morgan fingerprint density at radius 1 is 1.09 bits per heavy atom. The van der Waals surface area contributed by atoms with Crippen molar-refractivity contribution in [1.82, 2.24) is 20.4 Å². The maximum atomic E-state index is 13.1. The zero-order valence-electron chi connectivity index (χ0n) is 18.2. The summed E-state index contributed by atoms with van der Waals surface area (Å²) in [6.07, 6.45) is 1.12. The number of benzene rings is 1. The fourth-order valence-electron chi connectivity index (χ4n) is 3.91. The molecule has 0 radical (unpaired) electrons. The average molecular weight is 458 g/mol. The van der Waals surface area contributed by atoms with E-state index in [0.717, 1.165) is 6.42 Å². The normalized spacial score (nSPS) is 20.5. The number of nitrogens with one attached hydrogen (secondary N) is 3. The number of nitrogens with zero attached hydrogens (tertiary/aromatic N) is 2. The lowest BCUT2D eigenvalue weighted by molar-refractivity contribution is -0.305. The van der Waals surface area contributed by atoms with E-state index in [1.807, 2.05) is 6.07 Å². The second-order valence-electron chi connectivity index (χ2n) is 8.07. The maximum absolute atomic E-state index is 13.1. The van der Waals surface area contributed by atoms with Crippen molar-refractivity contribution in [1.29, 1.82) is 0 Å². The topological polar surface area (TPSA) is 151 Å². The molecule has 5 amide bonds. The van der Waals surface area contributed by atoms with Gasteiger partial charge >= 0.3 is 6.03 Å². The van der Waals surface area contributed by atoms with Gasteiger partial charge in [0, 0.05) is 37.7 Å². The Morgan fingerprint density at radius 2 is 1.85 bits per heavy atom. The van der Waals surface area contributed by atoms with E-state index in [1.165, 1.54) is 9.80 Å². The molecule has 2 atom stereocenters. The zero-order chi connectivity index (χ0) is 23.8. The van der Waals surface area contributed by atoms with Gasteiger partial charge in [-0.2, -0.15) is 0 Å². The highest BCUT2D eigenvalue weighted by Crippen LogP contribution is 2.16. The van der Waals surface area contributed by atoms with Gasteiger partial charge in [-0.05, 0) is 37.8 Å². The van der Waals surface area contributed by atoms with Crippen LogP contribution in [0.5, 0.6) is 0 Å². The van der Waals surface area contributed by atoms with Crippen molar-refractivity contribution in [2.24, 2.45) is 0 Å². The van der Waals surface area contributed by atoms with Crippen molar-refractivity contribution < 1.29 is 29.1 Å². The van der Waals surface area contributed by atoms with E-state index in [2.05, 4.69) is 16.0 Å². The summed E-state index contributed by atoms with van der Waals surface area (Å²) in [4.78, 5) is 64.1. The molecule has 3 N–H and O–H groups in total. The third kappa shape index (κ3) is 6.67. The fourth-order valence-corrected chi connectivity index (χ4v) is 3.91. The number of amides is 5. The Hall–Kier alpha value is -3.63. The lowest BCUT2D eigenvalue weighted by atomic mass is 10.0. The van der Waals surface area contributed by atoms with Crippen LogP contribution in [0.3, 0.4) is 0 Å². The van der Waals surface area contributed by atoms with Crippen LogP contribution in [0.25, 0.3) is 0 Å². The van der Waals surface area contributed by atoms with Crippen LogP contribution in [-0.2, 0) is 19.2 Å². The van der Waals surface area contributed by atoms with E-state index in [-0.39, 0.29) is 50.7 Å². The highest BCUT2D eigenvalue weighted by atomic mass is 16.4. The van der Waals surface area contributed by atoms with Crippen LogP contribution < -0.4 is 21.1 Å². The van der Waals surface area contributed by atoms with Crippen molar-refractivity contribution >= 4 is 35.4 Å². The molecule has 0 unspecified atom stereocenters. The molecule has 2 heterocycles. The number of aliphatic carboxylic acids is 1. The van der Waals surface area contributed by atoms with Crippen LogP contribution in [0, 0.1) is 0 Å². The van der Waals surface area contributed by atoms with Crippen LogP contribution in [0.15, 0.2) is 30.3 Å². The van der Waals surface area contributed by atoms with E-state index < -0.39 is 30.0 Å². The third-order valence-electron chi connectivity index (χ3n) is 5.69. The number of para-hydroxylation sites is 1. The minimum Gasteiger partial charge on any atom is -0.550 e. The number of rotatable bonds is 7. The van der Waals surface area contributed by atoms with Gasteiger partial charge in [0.05, 0.1) is 6.54 Å². The predicted octanol–water partition coefficient (Wildman–Crippen LogP) is -0.954. The van der Waals surface area contributed by atoms with Crippen LogP contribution in [0.1, 0.15) is 32.1 Å². The molecule has 2 fully saturated rings. The number of carbonyl (C=O) groups excluding carboxylic acids is 5. The summed E-state index contributed by atoms with van der Waals surface area (Å²) in [6.45, 7) is 0.820. The van der Waals surface area contributed by atoms with Crippen molar-refractivity contribution in [3.63, 3.8) is 0 Å².